The van der Waals surface area contributed by atoms with Crippen LogP contribution >= 0.6 is 11.6 Å². The molecule has 0 radical (unpaired) electrons. The third-order valence-corrected chi connectivity index (χ3v) is 3.74. The van der Waals surface area contributed by atoms with Gasteiger partial charge < -0.3 is 5.32 Å². The molecule has 0 atom stereocenters. The van der Waals surface area contributed by atoms with Gasteiger partial charge in [0, 0.05) is 17.6 Å². The minimum atomic E-state index is -0.197. The Morgan fingerprint density at radius 2 is 1.92 bits per heavy atom. The van der Waals surface area contributed by atoms with Gasteiger partial charge in [-0.2, -0.15) is 0 Å². The van der Waals surface area contributed by atoms with Gasteiger partial charge in [0.1, 0.15) is 5.69 Å². The van der Waals surface area contributed by atoms with E-state index in [1.54, 1.807) is 23.0 Å². The second kappa shape index (κ2) is 8.26. The zero-order chi connectivity index (χ0) is 17.5. The smallest absolute Gasteiger partial charge is 0.244 e. The highest BCUT2D eigenvalue weighted by Crippen LogP contribution is 2.10. The molecule has 126 valence electrons. The molecule has 3 aromatic rings. The quantitative estimate of drug-likeness (QED) is 0.692. The van der Waals surface area contributed by atoms with E-state index in [9.17, 15) is 4.79 Å². The van der Waals surface area contributed by atoms with E-state index in [-0.39, 0.29) is 5.91 Å². The third kappa shape index (κ3) is 5.29. The van der Waals surface area contributed by atoms with Crippen LogP contribution in [-0.2, 0) is 17.9 Å². The molecule has 0 aliphatic heterocycles. The fraction of sp³-hybridized carbons (Fsp3) is 0.105. The summed E-state index contributed by atoms with van der Waals surface area (Å²) in [7, 11) is 0. The molecule has 1 N–H and O–H groups in total. The minimum absolute atomic E-state index is 0.197. The Hall–Kier alpha value is -2.92. The lowest BCUT2D eigenvalue weighted by Gasteiger charge is -2.02. The molecule has 5 nitrogen and oxygen atoms in total. The predicted molar refractivity (Wildman–Crippen MR) is 97.9 cm³/mol. The van der Waals surface area contributed by atoms with Crippen molar-refractivity contribution in [3.63, 3.8) is 0 Å². The molecule has 0 fully saturated rings. The van der Waals surface area contributed by atoms with Gasteiger partial charge in [0.2, 0.25) is 5.91 Å². The van der Waals surface area contributed by atoms with E-state index in [2.05, 4.69) is 15.6 Å². The monoisotopic (exact) mass is 352 g/mol. The van der Waals surface area contributed by atoms with Gasteiger partial charge in [0.05, 0.1) is 12.7 Å². The normalized spacial score (nSPS) is 10.9. The van der Waals surface area contributed by atoms with Gasteiger partial charge >= 0.3 is 0 Å². The minimum Gasteiger partial charge on any atom is -0.348 e. The highest BCUT2D eigenvalue weighted by atomic mass is 35.5. The van der Waals surface area contributed by atoms with Crippen LogP contribution in [0.5, 0.6) is 0 Å². The summed E-state index contributed by atoms with van der Waals surface area (Å²) in [4.78, 5) is 11.9. The molecule has 1 heterocycles. The molecule has 1 aromatic heterocycles. The lowest BCUT2D eigenvalue weighted by molar-refractivity contribution is -0.116. The second-order valence-corrected chi connectivity index (χ2v) is 5.94. The van der Waals surface area contributed by atoms with Gasteiger partial charge in [0.25, 0.3) is 0 Å². The van der Waals surface area contributed by atoms with Crippen LogP contribution in [0.3, 0.4) is 0 Å². The molecule has 0 spiro atoms. The number of rotatable bonds is 6. The molecular weight excluding hydrogens is 336 g/mol. The van der Waals surface area contributed by atoms with Crippen LogP contribution in [0.2, 0.25) is 5.02 Å². The molecule has 0 bridgehead atoms. The van der Waals surface area contributed by atoms with Gasteiger partial charge in [-0.25, -0.2) is 4.68 Å². The Kier molecular flexibility index (Phi) is 5.59. The summed E-state index contributed by atoms with van der Waals surface area (Å²) in [5.41, 5.74) is 2.72. The number of carbonyl (C=O) groups excluding carboxylic acids is 1. The number of halogens is 1. The molecule has 0 aliphatic carbocycles. The van der Waals surface area contributed by atoms with E-state index in [1.165, 1.54) is 6.08 Å². The molecule has 2 aromatic carbocycles. The summed E-state index contributed by atoms with van der Waals surface area (Å²) in [6, 6.07) is 17.4. The van der Waals surface area contributed by atoms with Gasteiger partial charge in [-0.1, -0.05) is 59.3 Å². The Morgan fingerprint density at radius 3 is 2.72 bits per heavy atom. The SMILES string of the molecule is O=C(/C=C/c1cn(Cc2ccccc2)nn1)NCc1cccc(Cl)c1. The fourth-order valence-corrected chi connectivity index (χ4v) is 2.51. The first-order valence-corrected chi connectivity index (χ1v) is 8.21. The number of hydrogen-bond acceptors (Lipinski definition) is 3. The number of nitrogens with zero attached hydrogens (tertiary/aromatic N) is 3. The largest absolute Gasteiger partial charge is 0.348 e. The fourth-order valence-electron chi connectivity index (χ4n) is 2.29. The van der Waals surface area contributed by atoms with Gasteiger partial charge in [0.15, 0.2) is 0 Å². The first-order valence-electron chi connectivity index (χ1n) is 7.83. The maximum atomic E-state index is 11.9. The molecule has 25 heavy (non-hydrogen) atoms. The number of amides is 1. The van der Waals surface area contributed by atoms with E-state index in [0.29, 0.717) is 23.8 Å². The first kappa shape index (κ1) is 16.9. The van der Waals surface area contributed by atoms with Crippen molar-refractivity contribution in [3.05, 3.63) is 88.7 Å². The van der Waals surface area contributed by atoms with E-state index in [1.807, 2.05) is 48.5 Å². The van der Waals surface area contributed by atoms with Crippen LogP contribution in [0, 0.1) is 0 Å². The Balaban J connectivity index is 1.52. The molecule has 0 unspecified atom stereocenters. The Morgan fingerprint density at radius 1 is 1.12 bits per heavy atom. The number of aromatic nitrogens is 3. The van der Waals surface area contributed by atoms with Crippen molar-refractivity contribution in [1.29, 1.82) is 0 Å². The van der Waals surface area contributed by atoms with E-state index >= 15 is 0 Å². The van der Waals surface area contributed by atoms with Gasteiger partial charge in [-0.05, 0) is 29.3 Å². The molecule has 6 heteroatoms. The van der Waals surface area contributed by atoms with Crippen molar-refractivity contribution in [3.8, 4) is 0 Å². The van der Waals surface area contributed by atoms with Crippen molar-refractivity contribution in [2.24, 2.45) is 0 Å². The number of nitrogens with one attached hydrogen (secondary N) is 1. The first-order chi connectivity index (χ1) is 12.2. The molecule has 0 aliphatic rings. The van der Waals surface area contributed by atoms with Crippen LogP contribution in [0.15, 0.2) is 66.9 Å². The summed E-state index contributed by atoms with van der Waals surface area (Å²) >= 11 is 5.92. The highest BCUT2D eigenvalue weighted by Gasteiger charge is 2.01. The summed E-state index contributed by atoms with van der Waals surface area (Å²) in [6.45, 7) is 1.06. The van der Waals surface area contributed by atoms with Crippen molar-refractivity contribution in [1.82, 2.24) is 20.3 Å². The Bertz CT molecular complexity index is 874. The summed E-state index contributed by atoms with van der Waals surface area (Å²) < 4.78 is 1.73. The Labute approximate surface area is 150 Å². The van der Waals surface area contributed by atoms with Crippen LogP contribution in [0.25, 0.3) is 6.08 Å². The van der Waals surface area contributed by atoms with Crippen molar-refractivity contribution < 1.29 is 4.79 Å². The number of carbonyl (C=O) groups is 1. The van der Waals surface area contributed by atoms with Crippen LogP contribution < -0.4 is 5.32 Å². The molecule has 1 amide bonds. The zero-order valence-corrected chi connectivity index (χ0v) is 14.2. The topological polar surface area (TPSA) is 59.8 Å². The van der Waals surface area contributed by atoms with Crippen LogP contribution in [-0.4, -0.2) is 20.9 Å². The van der Waals surface area contributed by atoms with Crippen LogP contribution in [0.1, 0.15) is 16.8 Å². The zero-order valence-electron chi connectivity index (χ0n) is 13.5. The van der Waals surface area contributed by atoms with Crippen molar-refractivity contribution in [2.45, 2.75) is 13.1 Å². The molecular formula is C19H17ClN4O. The lowest BCUT2D eigenvalue weighted by atomic mass is 10.2. The van der Waals surface area contributed by atoms with Gasteiger partial charge in [-0.3, -0.25) is 4.79 Å². The van der Waals surface area contributed by atoms with E-state index in [4.69, 9.17) is 11.6 Å². The second-order valence-electron chi connectivity index (χ2n) is 5.51. The summed E-state index contributed by atoms with van der Waals surface area (Å²) in [5, 5.41) is 11.6. The lowest BCUT2D eigenvalue weighted by Crippen LogP contribution is -2.20. The maximum absolute atomic E-state index is 11.9. The van der Waals surface area contributed by atoms with E-state index < -0.39 is 0 Å². The summed E-state index contributed by atoms with van der Waals surface area (Å²) in [6.07, 6.45) is 4.89. The van der Waals surface area contributed by atoms with Crippen LogP contribution in [0.4, 0.5) is 0 Å². The number of benzene rings is 2. The highest BCUT2D eigenvalue weighted by molar-refractivity contribution is 6.30. The summed E-state index contributed by atoms with van der Waals surface area (Å²) in [5.74, 6) is -0.197. The predicted octanol–water partition coefficient (Wildman–Crippen LogP) is 3.31. The average molecular weight is 353 g/mol. The molecule has 0 saturated heterocycles. The molecule has 3 rings (SSSR count). The molecule has 0 saturated carbocycles. The van der Waals surface area contributed by atoms with Crippen molar-refractivity contribution in [2.75, 3.05) is 0 Å². The maximum Gasteiger partial charge on any atom is 0.244 e. The average Bonchev–Trinajstić information content (AvgIpc) is 3.06. The standard InChI is InChI=1S/C19H17ClN4O/c20-17-8-4-7-16(11-17)12-21-19(25)10-9-18-14-24(23-22-18)13-15-5-2-1-3-6-15/h1-11,14H,12-13H2,(H,21,25)/b10-9+. The van der Waals surface area contributed by atoms with Gasteiger partial charge in [-0.15, -0.1) is 5.10 Å². The van der Waals surface area contributed by atoms with Crippen molar-refractivity contribution >= 4 is 23.6 Å². The number of hydrogen-bond donors (Lipinski definition) is 1. The van der Waals surface area contributed by atoms with E-state index in [0.717, 1.165) is 11.1 Å². The third-order valence-electron chi connectivity index (χ3n) is 3.51.